The van der Waals surface area contributed by atoms with Crippen LogP contribution < -0.4 is 10.1 Å². The van der Waals surface area contributed by atoms with E-state index < -0.39 is 0 Å². The molecule has 0 radical (unpaired) electrons. The Balaban J connectivity index is 1.53. The zero-order chi connectivity index (χ0) is 14.3. The van der Waals surface area contributed by atoms with E-state index in [1.54, 1.807) is 0 Å². The number of para-hydroxylation sites is 1. The van der Waals surface area contributed by atoms with Crippen LogP contribution in [0, 0.1) is 0 Å². The Morgan fingerprint density at radius 3 is 2.24 bits per heavy atom. The van der Waals surface area contributed by atoms with Gasteiger partial charge in [0.05, 0.1) is 0 Å². The normalized spacial score (nSPS) is 28.0. The van der Waals surface area contributed by atoms with Crippen molar-refractivity contribution >= 4 is 0 Å². The van der Waals surface area contributed by atoms with Crippen molar-refractivity contribution in [2.75, 3.05) is 0 Å². The number of hydrogen-bond donors (Lipinski definition) is 1. The van der Waals surface area contributed by atoms with Gasteiger partial charge in [-0.25, -0.2) is 0 Å². The van der Waals surface area contributed by atoms with Crippen LogP contribution in [0.15, 0.2) is 30.3 Å². The first kappa shape index (κ1) is 14.9. The minimum absolute atomic E-state index is 0.359. The molecule has 0 aliphatic heterocycles. The fourth-order valence-corrected chi connectivity index (χ4v) is 3.86. The lowest BCUT2D eigenvalue weighted by molar-refractivity contribution is 0.163. The van der Waals surface area contributed by atoms with Crippen molar-refractivity contribution in [1.29, 1.82) is 0 Å². The van der Waals surface area contributed by atoms with Gasteiger partial charge in [-0.1, -0.05) is 50.3 Å². The summed E-state index contributed by atoms with van der Waals surface area (Å²) in [7, 11) is 0. The van der Waals surface area contributed by atoms with E-state index in [9.17, 15) is 0 Å². The summed E-state index contributed by atoms with van der Waals surface area (Å²) in [6.45, 7) is 0. The maximum absolute atomic E-state index is 6.22. The summed E-state index contributed by atoms with van der Waals surface area (Å²) < 4.78 is 6.22. The zero-order valence-electron chi connectivity index (χ0n) is 13.1. The van der Waals surface area contributed by atoms with Crippen molar-refractivity contribution in [3.8, 4) is 5.75 Å². The number of benzene rings is 1. The summed E-state index contributed by atoms with van der Waals surface area (Å²) >= 11 is 0. The second-order valence-corrected chi connectivity index (χ2v) is 6.72. The first-order chi connectivity index (χ1) is 10.4. The van der Waals surface area contributed by atoms with E-state index in [0.717, 1.165) is 11.8 Å². The van der Waals surface area contributed by atoms with Crippen LogP contribution >= 0.6 is 0 Å². The predicted molar refractivity (Wildman–Crippen MR) is 87.7 cm³/mol. The van der Waals surface area contributed by atoms with E-state index in [-0.39, 0.29) is 0 Å². The Hall–Kier alpha value is -1.02. The maximum Gasteiger partial charge on any atom is 0.119 e. The van der Waals surface area contributed by atoms with Gasteiger partial charge in [0.25, 0.3) is 0 Å². The molecule has 116 valence electrons. The highest BCUT2D eigenvalue weighted by Gasteiger charge is 2.30. The molecule has 2 aliphatic rings. The van der Waals surface area contributed by atoms with Crippen molar-refractivity contribution in [1.82, 2.24) is 5.32 Å². The fraction of sp³-hybridized carbons (Fsp3) is 0.684. The van der Waals surface area contributed by atoms with Gasteiger partial charge < -0.3 is 10.1 Å². The molecule has 2 unspecified atom stereocenters. The van der Waals surface area contributed by atoms with Crippen LogP contribution in [0.1, 0.15) is 64.2 Å². The largest absolute Gasteiger partial charge is 0.489 e. The first-order valence-electron chi connectivity index (χ1n) is 8.89. The molecule has 2 nitrogen and oxygen atoms in total. The number of rotatable bonds is 4. The average molecular weight is 287 g/mol. The molecule has 0 aromatic heterocycles. The monoisotopic (exact) mass is 287 g/mol. The summed E-state index contributed by atoms with van der Waals surface area (Å²) in [5, 5.41) is 3.93. The number of ether oxygens (including phenoxy) is 1. The molecule has 0 spiro atoms. The van der Waals surface area contributed by atoms with Crippen molar-refractivity contribution in [3.63, 3.8) is 0 Å². The van der Waals surface area contributed by atoms with E-state index in [1.165, 1.54) is 64.2 Å². The third-order valence-electron chi connectivity index (χ3n) is 5.04. The van der Waals surface area contributed by atoms with Gasteiger partial charge in [-0.3, -0.25) is 0 Å². The third kappa shape index (κ3) is 4.47. The minimum atomic E-state index is 0.359. The summed E-state index contributed by atoms with van der Waals surface area (Å²) in [5.41, 5.74) is 0. The summed E-state index contributed by atoms with van der Waals surface area (Å²) in [5.74, 6) is 1.02. The molecule has 1 N–H and O–H groups in total. The lowest BCUT2D eigenvalue weighted by Gasteiger charge is -2.28. The molecule has 3 rings (SSSR count). The van der Waals surface area contributed by atoms with Crippen LogP contribution in [0.3, 0.4) is 0 Å². The van der Waals surface area contributed by atoms with E-state index >= 15 is 0 Å². The van der Waals surface area contributed by atoms with E-state index in [1.807, 2.05) is 6.07 Å². The smallest absolute Gasteiger partial charge is 0.119 e. The van der Waals surface area contributed by atoms with Crippen LogP contribution in [-0.2, 0) is 0 Å². The van der Waals surface area contributed by atoms with Gasteiger partial charge in [0.15, 0.2) is 0 Å². The molecule has 2 fully saturated rings. The predicted octanol–water partition coefficient (Wildman–Crippen LogP) is 4.69. The van der Waals surface area contributed by atoms with Crippen molar-refractivity contribution < 1.29 is 4.74 Å². The SMILES string of the molecule is c1ccc(OC2CCCC2NC2CCCCCCC2)cc1. The second kappa shape index (κ2) is 7.84. The minimum Gasteiger partial charge on any atom is -0.489 e. The second-order valence-electron chi connectivity index (χ2n) is 6.72. The molecule has 1 aromatic rings. The van der Waals surface area contributed by atoms with Crippen LogP contribution in [0.5, 0.6) is 5.75 Å². The van der Waals surface area contributed by atoms with Gasteiger partial charge in [-0.15, -0.1) is 0 Å². The molecule has 1 aromatic carbocycles. The molecular formula is C19H29NO. The maximum atomic E-state index is 6.22. The highest BCUT2D eigenvalue weighted by Crippen LogP contribution is 2.26. The summed E-state index contributed by atoms with van der Waals surface area (Å²) in [6, 6.07) is 11.6. The topological polar surface area (TPSA) is 21.3 Å². The van der Waals surface area contributed by atoms with E-state index in [2.05, 4.69) is 29.6 Å². The molecule has 0 bridgehead atoms. The molecule has 0 amide bonds. The molecular weight excluding hydrogens is 258 g/mol. The molecule has 21 heavy (non-hydrogen) atoms. The lowest BCUT2D eigenvalue weighted by atomic mass is 9.96. The summed E-state index contributed by atoms with van der Waals surface area (Å²) in [6.07, 6.45) is 13.9. The van der Waals surface area contributed by atoms with Crippen molar-refractivity contribution in [2.24, 2.45) is 0 Å². The number of nitrogens with one attached hydrogen (secondary N) is 1. The third-order valence-corrected chi connectivity index (χ3v) is 5.04. The van der Waals surface area contributed by atoms with Crippen LogP contribution in [0.25, 0.3) is 0 Å². The highest BCUT2D eigenvalue weighted by atomic mass is 16.5. The standard InChI is InChI=1S/C19H29NO/c1-2-5-10-16(11-6-3-1)20-18-14-9-15-19(18)21-17-12-7-4-8-13-17/h4,7-8,12-13,16,18-20H,1-3,5-6,9-11,14-15H2. The molecule has 2 heteroatoms. The van der Waals surface area contributed by atoms with Gasteiger partial charge in [0.1, 0.15) is 11.9 Å². The van der Waals surface area contributed by atoms with Gasteiger partial charge in [-0.2, -0.15) is 0 Å². The molecule has 0 saturated heterocycles. The van der Waals surface area contributed by atoms with Crippen LogP contribution in [-0.4, -0.2) is 18.2 Å². The molecule has 0 heterocycles. The van der Waals surface area contributed by atoms with Gasteiger partial charge in [0, 0.05) is 12.1 Å². The Bertz CT molecular complexity index is 397. The Labute approximate surface area is 129 Å². The first-order valence-corrected chi connectivity index (χ1v) is 8.89. The number of hydrogen-bond acceptors (Lipinski definition) is 2. The van der Waals surface area contributed by atoms with E-state index in [0.29, 0.717) is 12.1 Å². The Kier molecular flexibility index (Phi) is 5.56. The van der Waals surface area contributed by atoms with E-state index in [4.69, 9.17) is 4.74 Å². The Morgan fingerprint density at radius 1 is 0.762 bits per heavy atom. The van der Waals surface area contributed by atoms with Crippen LogP contribution in [0.2, 0.25) is 0 Å². The zero-order valence-corrected chi connectivity index (χ0v) is 13.1. The molecule has 2 aliphatic carbocycles. The van der Waals surface area contributed by atoms with Gasteiger partial charge in [0.2, 0.25) is 0 Å². The average Bonchev–Trinajstić information content (AvgIpc) is 2.90. The van der Waals surface area contributed by atoms with Crippen LogP contribution in [0.4, 0.5) is 0 Å². The fourth-order valence-electron chi connectivity index (χ4n) is 3.86. The summed E-state index contributed by atoms with van der Waals surface area (Å²) in [4.78, 5) is 0. The quantitative estimate of drug-likeness (QED) is 0.867. The van der Waals surface area contributed by atoms with Gasteiger partial charge in [-0.05, 0) is 44.2 Å². The Morgan fingerprint density at radius 2 is 1.48 bits per heavy atom. The van der Waals surface area contributed by atoms with Gasteiger partial charge >= 0.3 is 0 Å². The lowest BCUT2D eigenvalue weighted by Crippen LogP contribution is -2.44. The molecule has 2 saturated carbocycles. The van der Waals surface area contributed by atoms with Crippen molar-refractivity contribution in [3.05, 3.63) is 30.3 Å². The van der Waals surface area contributed by atoms with Crippen molar-refractivity contribution in [2.45, 2.75) is 82.4 Å². The highest BCUT2D eigenvalue weighted by molar-refractivity contribution is 5.21. The molecule has 2 atom stereocenters.